The van der Waals surface area contributed by atoms with E-state index in [1.807, 2.05) is 11.6 Å². The molecular formula is C16H19ClN4O3S. The monoisotopic (exact) mass is 382 g/mol. The summed E-state index contributed by atoms with van der Waals surface area (Å²) in [5, 5.41) is 12.3. The van der Waals surface area contributed by atoms with Crippen molar-refractivity contribution in [3.63, 3.8) is 0 Å². The van der Waals surface area contributed by atoms with Crippen molar-refractivity contribution >= 4 is 35.0 Å². The molecule has 2 aromatic rings. The fourth-order valence-corrected chi connectivity index (χ4v) is 3.37. The lowest BCUT2D eigenvalue weighted by Gasteiger charge is -2.13. The summed E-state index contributed by atoms with van der Waals surface area (Å²) in [7, 11) is 4.96. The Labute approximate surface area is 155 Å². The third kappa shape index (κ3) is 4.01. The van der Waals surface area contributed by atoms with Gasteiger partial charge in [-0.2, -0.15) is 0 Å². The van der Waals surface area contributed by atoms with Crippen molar-refractivity contribution in [2.75, 3.05) is 25.3 Å². The lowest BCUT2D eigenvalue weighted by atomic mass is 10.2. The predicted octanol–water partition coefficient (Wildman–Crippen LogP) is 3.09. The Morgan fingerprint density at radius 1 is 1.32 bits per heavy atom. The third-order valence-corrected chi connectivity index (χ3v) is 5.21. The Kier molecular flexibility index (Phi) is 5.39. The Morgan fingerprint density at radius 3 is 2.68 bits per heavy atom. The summed E-state index contributed by atoms with van der Waals surface area (Å²) >= 11 is 7.41. The van der Waals surface area contributed by atoms with Gasteiger partial charge in [0, 0.05) is 25.1 Å². The smallest absolute Gasteiger partial charge is 0.234 e. The molecule has 1 N–H and O–H groups in total. The molecule has 1 aliphatic rings. The van der Waals surface area contributed by atoms with E-state index in [9.17, 15) is 4.79 Å². The van der Waals surface area contributed by atoms with E-state index in [-0.39, 0.29) is 11.7 Å². The number of carbonyl (C=O) groups is 1. The SMILES string of the molecule is COc1cc(NC(=O)CSc2nnc(C3CC3)n2C)c(OC)cc1Cl. The number of ether oxygens (including phenoxy) is 2. The molecule has 0 aliphatic heterocycles. The Hall–Kier alpha value is -1.93. The van der Waals surface area contributed by atoms with Gasteiger partial charge in [-0.05, 0) is 12.8 Å². The molecule has 1 amide bonds. The number of anilines is 1. The minimum atomic E-state index is -0.177. The van der Waals surface area contributed by atoms with E-state index < -0.39 is 0 Å². The Bertz CT molecular complexity index is 792. The topological polar surface area (TPSA) is 78.3 Å². The van der Waals surface area contributed by atoms with Crippen LogP contribution >= 0.6 is 23.4 Å². The molecule has 1 aromatic heterocycles. The number of carbonyl (C=O) groups excluding carboxylic acids is 1. The van der Waals surface area contributed by atoms with Crippen LogP contribution in [-0.4, -0.2) is 40.6 Å². The number of thioether (sulfide) groups is 1. The molecule has 25 heavy (non-hydrogen) atoms. The maximum Gasteiger partial charge on any atom is 0.234 e. The molecule has 0 bridgehead atoms. The molecule has 7 nitrogen and oxygen atoms in total. The standard InChI is InChI=1S/C16H19ClN4O3S/c1-21-15(9-4-5-9)19-20-16(21)25-8-14(22)18-11-7-12(23-2)10(17)6-13(11)24-3/h6-7,9H,4-5,8H2,1-3H3,(H,18,22). The first-order valence-corrected chi connectivity index (χ1v) is 9.13. The maximum absolute atomic E-state index is 12.3. The number of hydrogen-bond acceptors (Lipinski definition) is 6. The molecule has 1 saturated carbocycles. The van der Waals surface area contributed by atoms with Crippen molar-refractivity contribution in [1.82, 2.24) is 14.8 Å². The lowest BCUT2D eigenvalue weighted by molar-refractivity contribution is -0.113. The molecule has 0 spiro atoms. The number of amides is 1. The van der Waals surface area contributed by atoms with Crippen LogP contribution < -0.4 is 14.8 Å². The van der Waals surface area contributed by atoms with Gasteiger partial charge in [0.25, 0.3) is 0 Å². The molecule has 9 heteroatoms. The molecule has 3 rings (SSSR count). The fourth-order valence-electron chi connectivity index (χ4n) is 2.42. The van der Waals surface area contributed by atoms with Gasteiger partial charge in [0.1, 0.15) is 17.3 Å². The van der Waals surface area contributed by atoms with E-state index >= 15 is 0 Å². The van der Waals surface area contributed by atoms with Crippen molar-refractivity contribution in [3.8, 4) is 11.5 Å². The highest BCUT2D eigenvalue weighted by Crippen LogP contribution is 2.39. The number of halogens is 1. The first-order valence-electron chi connectivity index (χ1n) is 7.77. The van der Waals surface area contributed by atoms with E-state index in [0.717, 1.165) is 23.8 Å². The van der Waals surface area contributed by atoms with Crippen LogP contribution in [-0.2, 0) is 11.8 Å². The Morgan fingerprint density at radius 2 is 2.04 bits per heavy atom. The number of nitrogens with one attached hydrogen (secondary N) is 1. The number of methoxy groups -OCH3 is 2. The number of nitrogens with zero attached hydrogens (tertiary/aromatic N) is 3. The quantitative estimate of drug-likeness (QED) is 0.741. The molecule has 0 radical (unpaired) electrons. The normalized spacial score (nSPS) is 13.6. The van der Waals surface area contributed by atoms with Crippen molar-refractivity contribution in [2.24, 2.45) is 7.05 Å². The lowest BCUT2D eigenvalue weighted by Crippen LogP contribution is -2.15. The summed E-state index contributed by atoms with van der Waals surface area (Å²) < 4.78 is 12.4. The summed E-state index contributed by atoms with van der Waals surface area (Å²) in [6, 6.07) is 3.24. The molecule has 0 unspecified atom stereocenters. The molecule has 1 aliphatic carbocycles. The van der Waals surface area contributed by atoms with Crippen LogP contribution in [0.4, 0.5) is 5.69 Å². The number of hydrogen-bond donors (Lipinski definition) is 1. The highest BCUT2D eigenvalue weighted by Gasteiger charge is 2.29. The van der Waals surface area contributed by atoms with Gasteiger partial charge in [-0.25, -0.2) is 0 Å². The van der Waals surface area contributed by atoms with E-state index in [0.29, 0.717) is 28.1 Å². The second-order valence-corrected chi connectivity index (χ2v) is 7.05. The minimum absolute atomic E-state index is 0.177. The highest BCUT2D eigenvalue weighted by atomic mass is 35.5. The van der Waals surface area contributed by atoms with Crippen LogP contribution in [0.25, 0.3) is 0 Å². The molecule has 1 fully saturated rings. The fraction of sp³-hybridized carbons (Fsp3) is 0.438. The third-order valence-electron chi connectivity index (χ3n) is 3.89. The van der Waals surface area contributed by atoms with Crippen LogP contribution in [0.15, 0.2) is 17.3 Å². The average molecular weight is 383 g/mol. The van der Waals surface area contributed by atoms with E-state index in [1.165, 1.54) is 26.0 Å². The highest BCUT2D eigenvalue weighted by molar-refractivity contribution is 7.99. The van der Waals surface area contributed by atoms with E-state index in [4.69, 9.17) is 21.1 Å². The Balaban J connectivity index is 1.64. The molecule has 1 aromatic carbocycles. The summed E-state index contributed by atoms with van der Waals surface area (Å²) in [6.07, 6.45) is 2.32. The van der Waals surface area contributed by atoms with Gasteiger partial charge >= 0.3 is 0 Å². The maximum atomic E-state index is 12.3. The zero-order valence-electron chi connectivity index (χ0n) is 14.2. The number of benzene rings is 1. The van der Waals surface area contributed by atoms with Gasteiger partial charge in [-0.3, -0.25) is 4.79 Å². The van der Waals surface area contributed by atoms with E-state index in [2.05, 4.69) is 15.5 Å². The molecule has 0 saturated heterocycles. The molecule has 0 atom stereocenters. The van der Waals surface area contributed by atoms with Gasteiger partial charge < -0.3 is 19.4 Å². The van der Waals surface area contributed by atoms with Crippen LogP contribution in [0.2, 0.25) is 5.02 Å². The van der Waals surface area contributed by atoms with Crippen LogP contribution in [0.1, 0.15) is 24.6 Å². The minimum Gasteiger partial charge on any atom is -0.495 e. The first kappa shape index (κ1) is 17.9. The summed E-state index contributed by atoms with van der Waals surface area (Å²) in [4.78, 5) is 12.3. The summed E-state index contributed by atoms with van der Waals surface area (Å²) in [6.45, 7) is 0. The van der Waals surface area contributed by atoms with Gasteiger partial charge in [0.2, 0.25) is 5.91 Å². The molecular weight excluding hydrogens is 364 g/mol. The van der Waals surface area contributed by atoms with E-state index in [1.54, 1.807) is 12.1 Å². The number of rotatable bonds is 7. The summed E-state index contributed by atoms with van der Waals surface area (Å²) in [5.41, 5.74) is 0.506. The second-order valence-electron chi connectivity index (χ2n) is 5.70. The van der Waals surface area contributed by atoms with Gasteiger partial charge in [0.15, 0.2) is 5.16 Å². The zero-order valence-corrected chi connectivity index (χ0v) is 15.8. The number of aromatic nitrogens is 3. The molecule has 1 heterocycles. The van der Waals surface area contributed by atoms with Crippen LogP contribution in [0.3, 0.4) is 0 Å². The van der Waals surface area contributed by atoms with Gasteiger partial charge in [-0.15, -0.1) is 10.2 Å². The second kappa shape index (κ2) is 7.53. The largest absolute Gasteiger partial charge is 0.495 e. The average Bonchev–Trinajstić information content (AvgIpc) is 3.37. The van der Waals surface area contributed by atoms with Gasteiger partial charge in [0.05, 0.1) is 30.7 Å². The first-order chi connectivity index (χ1) is 12.0. The summed E-state index contributed by atoms with van der Waals surface area (Å²) in [5.74, 6) is 2.49. The van der Waals surface area contributed by atoms with Crippen molar-refractivity contribution in [1.29, 1.82) is 0 Å². The van der Waals surface area contributed by atoms with Crippen LogP contribution in [0.5, 0.6) is 11.5 Å². The van der Waals surface area contributed by atoms with Crippen LogP contribution in [0, 0.1) is 0 Å². The van der Waals surface area contributed by atoms with Crippen molar-refractivity contribution in [3.05, 3.63) is 23.0 Å². The predicted molar refractivity (Wildman–Crippen MR) is 96.9 cm³/mol. The zero-order chi connectivity index (χ0) is 18.0. The van der Waals surface area contributed by atoms with Gasteiger partial charge in [-0.1, -0.05) is 23.4 Å². The van der Waals surface area contributed by atoms with Crippen molar-refractivity contribution in [2.45, 2.75) is 23.9 Å². The van der Waals surface area contributed by atoms with Crippen molar-refractivity contribution < 1.29 is 14.3 Å². The molecule has 134 valence electrons.